The summed E-state index contributed by atoms with van der Waals surface area (Å²) in [5.74, 6) is -2.95. The van der Waals surface area contributed by atoms with Gasteiger partial charge in [0, 0.05) is 43.3 Å². The van der Waals surface area contributed by atoms with E-state index < -0.39 is 5.92 Å². The van der Waals surface area contributed by atoms with Crippen LogP contribution in [0.3, 0.4) is 0 Å². The molecule has 0 bridgehead atoms. The van der Waals surface area contributed by atoms with Gasteiger partial charge in [-0.25, -0.2) is 13.8 Å². The first-order valence-corrected chi connectivity index (χ1v) is 9.22. The number of amides is 1. The van der Waals surface area contributed by atoms with Gasteiger partial charge in [0.2, 0.25) is 0 Å². The van der Waals surface area contributed by atoms with E-state index in [9.17, 15) is 13.6 Å². The first-order chi connectivity index (χ1) is 14.0. The largest absolute Gasteiger partial charge is 0.338 e. The van der Waals surface area contributed by atoms with Gasteiger partial charge >= 0.3 is 0 Å². The predicted molar refractivity (Wildman–Crippen MR) is 102 cm³/mol. The van der Waals surface area contributed by atoms with Gasteiger partial charge in [-0.3, -0.25) is 14.2 Å². The Hall–Kier alpha value is -3.49. The molecule has 3 aromatic heterocycles. The summed E-state index contributed by atoms with van der Waals surface area (Å²) in [5.41, 5.74) is 3.80. The van der Waals surface area contributed by atoms with Gasteiger partial charge in [0.15, 0.2) is 5.65 Å². The second-order valence-corrected chi connectivity index (χ2v) is 7.12. The number of piperidine rings is 1. The highest BCUT2D eigenvalue weighted by atomic mass is 19.3. The van der Waals surface area contributed by atoms with Crippen molar-refractivity contribution in [2.24, 2.45) is 0 Å². The van der Waals surface area contributed by atoms with E-state index in [1.54, 1.807) is 35.1 Å². The summed E-state index contributed by atoms with van der Waals surface area (Å²) in [4.78, 5) is 23.3. The number of likely N-dealkylation sites (tertiary alicyclic amines) is 1. The van der Waals surface area contributed by atoms with E-state index in [-0.39, 0.29) is 31.8 Å². The number of aromatic nitrogens is 5. The Morgan fingerprint density at radius 3 is 2.72 bits per heavy atom. The molecular weight excluding hydrogens is 378 g/mol. The Bertz CT molecular complexity index is 1230. The molecule has 1 aliphatic heterocycles. The van der Waals surface area contributed by atoms with Crippen LogP contribution < -0.4 is 0 Å². The molecule has 9 heteroatoms. The van der Waals surface area contributed by atoms with Gasteiger partial charge in [-0.15, -0.1) is 10.2 Å². The SMILES string of the molecule is O=C(c1ccc2ncc(-c3ccn4cnnc4c3)nc2c1)N1CCC(F)(F)CC1. The highest BCUT2D eigenvalue weighted by Gasteiger charge is 2.35. The van der Waals surface area contributed by atoms with Crippen LogP contribution in [0.5, 0.6) is 0 Å². The fourth-order valence-corrected chi connectivity index (χ4v) is 3.48. The summed E-state index contributed by atoms with van der Waals surface area (Å²) in [6.45, 7) is 0.0991. The lowest BCUT2D eigenvalue weighted by Gasteiger charge is -2.31. The van der Waals surface area contributed by atoms with E-state index in [0.29, 0.717) is 27.9 Å². The molecule has 1 amide bonds. The molecule has 0 N–H and O–H groups in total. The normalized spacial score (nSPS) is 16.4. The van der Waals surface area contributed by atoms with Crippen molar-refractivity contribution >= 4 is 22.6 Å². The van der Waals surface area contributed by atoms with E-state index >= 15 is 0 Å². The summed E-state index contributed by atoms with van der Waals surface area (Å²) >= 11 is 0. The number of hydrogen-bond acceptors (Lipinski definition) is 5. The quantitative estimate of drug-likeness (QED) is 0.522. The van der Waals surface area contributed by atoms with Crippen LogP contribution in [-0.2, 0) is 0 Å². The van der Waals surface area contributed by atoms with Gasteiger partial charge in [-0.05, 0) is 30.3 Å². The second-order valence-electron chi connectivity index (χ2n) is 7.12. The Kier molecular flexibility index (Phi) is 3.97. The number of rotatable bonds is 2. The van der Waals surface area contributed by atoms with Crippen molar-refractivity contribution in [3.63, 3.8) is 0 Å². The van der Waals surface area contributed by atoms with E-state index in [2.05, 4.69) is 20.2 Å². The molecule has 7 nitrogen and oxygen atoms in total. The molecule has 4 heterocycles. The number of alkyl halides is 2. The standard InChI is InChI=1S/C20H16F2N6O/c21-20(22)4-7-27(8-5-20)19(29)14-1-2-15-16(9-14)25-17(11-23-15)13-3-6-28-12-24-26-18(28)10-13/h1-3,6,9-12H,4-5,7-8H2. The summed E-state index contributed by atoms with van der Waals surface area (Å²) in [6.07, 6.45) is 4.50. The number of fused-ring (bicyclic) bond motifs is 2. The van der Waals surface area contributed by atoms with Gasteiger partial charge < -0.3 is 4.90 Å². The number of hydrogen-bond donors (Lipinski definition) is 0. The maximum absolute atomic E-state index is 13.4. The minimum atomic E-state index is -2.69. The number of carbonyl (C=O) groups is 1. The fourth-order valence-electron chi connectivity index (χ4n) is 3.48. The summed E-state index contributed by atoms with van der Waals surface area (Å²) in [7, 11) is 0. The number of nitrogens with zero attached hydrogens (tertiary/aromatic N) is 6. The molecule has 4 aromatic rings. The topological polar surface area (TPSA) is 76.3 Å². The average molecular weight is 394 g/mol. The Labute approximate surface area is 164 Å². The van der Waals surface area contributed by atoms with E-state index in [4.69, 9.17) is 0 Å². The van der Waals surface area contributed by atoms with Crippen LogP contribution in [0, 0.1) is 0 Å². The number of halogens is 2. The van der Waals surface area contributed by atoms with E-state index in [0.717, 1.165) is 5.56 Å². The summed E-state index contributed by atoms with van der Waals surface area (Å²) in [6, 6.07) is 8.78. The van der Waals surface area contributed by atoms with Crippen LogP contribution in [0.25, 0.3) is 27.9 Å². The molecular formula is C20H16F2N6O. The maximum atomic E-state index is 13.4. The molecule has 0 radical (unpaired) electrons. The predicted octanol–water partition coefficient (Wildman–Crippen LogP) is 3.21. The third kappa shape index (κ3) is 3.28. The third-order valence-corrected chi connectivity index (χ3v) is 5.17. The van der Waals surface area contributed by atoms with Crippen LogP contribution in [0.2, 0.25) is 0 Å². The zero-order valence-electron chi connectivity index (χ0n) is 15.3. The first kappa shape index (κ1) is 17.6. The van der Waals surface area contributed by atoms with Crippen molar-refractivity contribution in [2.45, 2.75) is 18.8 Å². The van der Waals surface area contributed by atoms with Crippen molar-refractivity contribution < 1.29 is 13.6 Å². The zero-order valence-corrected chi connectivity index (χ0v) is 15.3. The third-order valence-electron chi connectivity index (χ3n) is 5.17. The molecule has 5 rings (SSSR count). The molecule has 0 spiro atoms. The first-order valence-electron chi connectivity index (χ1n) is 9.22. The lowest BCUT2D eigenvalue weighted by Crippen LogP contribution is -2.42. The number of benzene rings is 1. The van der Waals surface area contributed by atoms with Gasteiger partial charge in [-0.1, -0.05) is 0 Å². The molecule has 0 unspecified atom stereocenters. The minimum Gasteiger partial charge on any atom is -0.338 e. The van der Waals surface area contributed by atoms with Gasteiger partial charge in [0.1, 0.15) is 6.33 Å². The number of pyridine rings is 1. The van der Waals surface area contributed by atoms with Crippen LogP contribution in [0.1, 0.15) is 23.2 Å². The molecule has 1 aliphatic rings. The lowest BCUT2D eigenvalue weighted by atomic mass is 10.1. The second kappa shape index (κ2) is 6.54. The molecule has 1 fully saturated rings. The smallest absolute Gasteiger partial charge is 0.253 e. The molecule has 1 saturated heterocycles. The van der Waals surface area contributed by atoms with Crippen molar-refractivity contribution in [3.05, 3.63) is 54.6 Å². The minimum absolute atomic E-state index is 0.0496. The molecule has 29 heavy (non-hydrogen) atoms. The zero-order chi connectivity index (χ0) is 20.0. The van der Waals surface area contributed by atoms with Crippen molar-refractivity contribution in [1.82, 2.24) is 29.5 Å². The Balaban J connectivity index is 1.47. The average Bonchev–Trinajstić information content (AvgIpc) is 3.20. The van der Waals surface area contributed by atoms with Crippen molar-refractivity contribution in [1.29, 1.82) is 0 Å². The molecule has 0 atom stereocenters. The lowest BCUT2D eigenvalue weighted by molar-refractivity contribution is -0.0494. The van der Waals surface area contributed by atoms with E-state index in [1.807, 2.05) is 18.3 Å². The van der Waals surface area contributed by atoms with Crippen LogP contribution in [0.15, 0.2) is 49.1 Å². The highest BCUT2D eigenvalue weighted by molar-refractivity contribution is 5.97. The van der Waals surface area contributed by atoms with Crippen LogP contribution >= 0.6 is 0 Å². The summed E-state index contributed by atoms with van der Waals surface area (Å²) < 4.78 is 28.5. The van der Waals surface area contributed by atoms with Crippen molar-refractivity contribution in [3.8, 4) is 11.3 Å². The van der Waals surface area contributed by atoms with Gasteiger partial charge in [0.25, 0.3) is 11.8 Å². The monoisotopic (exact) mass is 394 g/mol. The van der Waals surface area contributed by atoms with Crippen LogP contribution in [0.4, 0.5) is 8.78 Å². The highest BCUT2D eigenvalue weighted by Crippen LogP contribution is 2.29. The fraction of sp³-hybridized carbons (Fsp3) is 0.250. The van der Waals surface area contributed by atoms with E-state index in [1.165, 1.54) is 4.90 Å². The number of carbonyl (C=O) groups excluding carboxylic acids is 1. The molecule has 146 valence electrons. The Morgan fingerprint density at radius 1 is 1.07 bits per heavy atom. The van der Waals surface area contributed by atoms with Crippen molar-refractivity contribution in [2.75, 3.05) is 13.1 Å². The van der Waals surface area contributed by atoms with Crippen LogP contribution in [-0.4, -0.2) is 54.4 Å². The Morgan fingerprint density at radius 2 is 1.90 bits per heavy atom. The maximum Gasteiger partial charge on any atom is 0.253 e. The molecule has 0 saturated carbocycles. The van der Waals surface area contributed by atoms with Gasteiger partial charge in [0.05, 0.1) is 22.9 Å². The molecule has 1 aromatic carbocycles. The molecule has 0 aliphatic carbocycles. The summed E-state index contributed by atoms with van der Waals surface area (Å²) in [5, 5.41) is 7.89. The van der Waals surface area contributed by atoms with Gasteiger partial charge in [-0.2, -0.15) is 0 Å².